The molecule has 0 atom stereocenters. The predicted molar refractivity (Wildman–Crippen MR) is 128 cm³/mol. The number of hydrogen-bond donors (Lipinski definition) is 0. The molecular weight excluding hydrogens is 468 g/mol. The molecule has 1 radical (unpaired) electrons. The van der Waals surface area contributed by atoms with Crippen LogP contribution in [0.1, 0.15) is 40.2 Å². The van der Waals surface area contributed by atoms with Crippen LogP contribution in [0.4, 0.5) is 0 Å². The van der Waals surface area contributed by atoms with Crippen LogP contribution in [0.15, 0.2) is 44.7 Å². The minimum Gasteiger partial charge on any atom is -0.741 e. The van der Waals surface area contributed by atoms with Crippen LogP contribution in [0.2, 0.25) is 0 Å². The Morgan fingerprint density at radius 3 is 1.63 bits per heavy atom. The Morgan fingerprint density at radius 2 is 1.23 bits per heavy atom. The van der Waals surface area contributed by atoms with Crippen molar-refractivity contribution in [1.82, 2.24) is 9.80 Å². The van der Waals surface area contributed by atoms with E-state index in [0.717, 1.165) is 37.5 Å². The zero-order chi connectivity index (χ0) is 21.8. The summed E-state index contributed by atoms with van der Waals surface area (Å²) in [5.74, 6) is 0.755. The molecular formula is C20H30CuN6OS2. The van der Waals surface area contributed by atoms with E-state index in [1.165, 1.54) is 0 Å². The van der Waals surface area contributed by atoms with E-state index < -0.39 is 0 Å². The Kier molecular flexibility index (Phi) is 14.2. The zero-order valence-corrected chi connectivity index (χ0v) is 20.9. The SMILES string of the molecule is CCN(CC)C([S-])=NN=C(C)C(=NN=C([S-])N(CC)CC)c1ccc(OC)cc1.[Cu+2]. The molecule has 30 heavy (non-hydrogen) atoms. The number of rotatable bonds is 9. The first kappa shape index (κ1) is 28.3. The van der Waals surface area contributed by atoms with Gasteiger partial charge in [-0.05, 0) is 58.9 Å². The van der Waals surface area contributed by atoms with Crippen LogP contribution >= 0.6 is 0 Å². The largest absolute Gasteiger partial charge is 2.00 e. The summed E-state index contributed by atoms with van der Waals surface area (Å²) in [6.45, 7) is 13.0. The van der Waals surface area contributed by atoms with Gasteiger partial charge >= 0.3 is 17.1 Å². The second kappa shape index (κ2) is 15.1. The predicted octanol–water partition coefficient (Wildman–Crippen LogP) is 3.26. The quantitative estimate of drug-likeness (QED) is 0.172. The summed E-state index contributed by atoms with van der Waals surface area (Å²) in [5, 5.41) is 18.0. The van der Waals surface area contributed by atoms with Gasteiger partial charge in [0.2, 0.25) is 0 Å². The van der Waals surface area contributed by atoms with Crippen LogP contribution in [-0.4, -0.2) is 64.8 Å². The molecule has 169 valence electrons. The summed E-state index contributed by atoms with van der Waals surface area (Å²) in [6.07, 6.45) is 0. The summed E-state index contributed by atoms with van der Waals surface area (Å²) < 4.78 is 5.24. The average Bonchev–Trinajstić information content (AvgIpc) is 2.74. The second-order valence-electron chi connectivity index (χ2n) is 5.97. The standard InChI is InChI=1S/C20H32N6OS2.Cu/c1-7-25(8-2)19(28)23-21-15(5)18(16-11-13-17(27-6)14-12-16)22-24-20(29)26(9-3)10-4;/h11-14H,7-10H2,1-6H3,(H,23,28)(H,24,29);/q;+2/p-2. The van der Waals surface area contributed by atoms with Gasteiger partial charge in [-0.15, -0.1) is 5.10 Å². The number of hydrogen-bond acceptors (Lipinski definition) is 7. The van der Waals surface area contributed by atoms with E-state index in [4.69, 9.17) is 30.0 Å². The van der Waals surface area contributed by atoms with E-state index in [2.05, 4.69) is 20.4 Å². The van der Waals surface area contributed by atoms with Gasteiger partial charge in [0.05, 0.1) is 12.8 Å². The summed E-state index contributed by atoms with van der Waals surface area (Å²) in [7, 11) is 1.63. The fourth-order valence-electron chi connectivity index (χ4n) is 2.46. The van der Waals surface area contributed by atoms with Gasteiger partial charge in [0.25, 0.3) is 0 Å². The molecule has 10 heteroatoms. The molecule has 1 rings (SSSR count). The summed E-state index contributed by atoms with van der Waals surface area (Å²) >= 11 is 10.7. The molecule has 0 aliphatic carbocycles. The summed E-state index contributed by atoms with van der Waals surface area (Å²) in [5.41, 5.74) is 2.01. The molecule has 0 unspecified atom stereocenters. The zero-order valence-electron chi connectivity index (χ0n) is 18.3. The molecule has 0 heterocycles. The molecule has 1 aromatic carbocycles. The molecule has 0 N–H and O–H groups in total. The fraction of sp³-hybridized carbons (Fsp3) is 0.500. The van der Waals surface area contributed by atoms with Crippen molar-refractivity contribution in [3.05, 3.63) is 29.8 Å². The monoisotopic (exact) mass is 497 g/mol. The Balaban J connectivity index is 0.00000841. The molecule has 0 amide bonds. The Bertz CT molecular complexity index is 757. The first-order valence-electron chi connectivity index (χ1n) is 9.68. The van der Waals surface area contributed by atoms with Gasteiger partial charge < -0.3 is 39.8 Å². The Morgan fingerprint density at radius 1 is 0.800 bits per heavy atom. The van der Waals surface area contributed by atoms with Gasteiger partial charge in [0, 0.05) is 42.1 Å². The molecule has 0 aromatic heterocycles. The van der Waals surface area contributed by atoms with E-state index in [-0.39, 0.29) is 17.1 Å². The third-order valence-corrected chi connectivity index (χ3v) is 4.97. The van der Waals surface area contributed by atoms with Crippen molar-refractivity contribution < 1.29 is 21.8 Å². The van der Waals surface area contributed by atoms with Crippen molar-refractivity contribution in [3.63, 3.8) is 0 Å². The molecule has 0 aliphatic heterocycles. The minimum absolute atomic E-state index is 0. The van der Waals surface area contributed by atoms with Crippen molar-refractivity contribution in [3.8, 4) is 5.75 Å². The van der Waals surface area contributed by atoms with Gasteiger partial charge in [0.1, 0.15) is 11.5 Å². The molecule has 0 aliphatic rings. The number of benzene rings is 1. The topological polar surface area (TPSA) is 65.2 Å². The smallest absolute Gasteiger partial charge is 0.741 e. The van der Waals surface area contributed by atoms with Crippen molar-refractivity contribution >= 4 is 47.0 Å². The van der Waals surface area contributed by atoms with Crippen molar-refractivity contribution in [1.29, 1.82) is 0 Å². The minimum atomic E-state index is 0. The van der Waals surface area contributed by atoms with Crippen molar-refractivity contribution in [2.45, 2.75) is 34.6 Å². The van der Waals surface area contributed by atoms with Crippen molar-refractivity contribution in [2.24, 2.45) is 20.4 Å². The molecule has 0 saturated carbocycles. The third-order valence-electron chi connectivity index (χ3n) is 4.30. The van der Waals surface area contributed by atoms with Crippen molar-refractivity contribution in [2.75, 3.05) is 33.3 Å². The van der Waals surface area contributed by atoms with Crippen LogP contribution in [0.5, 0.6) is 5.75 Å². The van der Waals surface area contributed by atoms with E-state index in [1.807, 2.05) is 68.7 Å². The van der Waals surface area contributed by atoms with Crippen LogP contribution in [0.25, 0.3) is 0 Å². The van der Waals surface area contributed by atoms with Crippen LogP contribution in [-0.2, 0) is 42.3 Å². The Hall–Kier alpha value is -1.74. The molecule has 0 saturated heterocycles. The van der Waals surface area contributed by atoms with Gasteiger partial charge in [0.15, 0.2) is 0 Å². The molecule has 1 aromatic rings. The maximum Gasteiger partial charge on any atom is 2.00 e. The molecule has 0 fully saturated rings. The molecule has 7 nitrogen and oxygen atoms in total. The van der Waals surface area contributed by atoms with Gasteiger partial charge in [-0.25, -0.2) is 0 Å². The van der Waals surface area contributed by atoms with E-state index in [9.17, 15) is 0 Å². The number of methoxy groups -OCH3 is 1. The first-order chi connectivity index (χ1) is 13.9. The van der Waals surface area contributed by atoms with E-state index in [0.29, 0.717) is 21.8 Å². The first-order valence-corrected chi connectivity index (χ1v) is 10.5. The number of ether oxygens (including phenoxy) is 1. The maximum absolute atomic E-state index is 5.38. The average molecular weight is 498 g/mol. The van der Waals surface area contributed by atoms with Gasteiger partial charge in [-0.2, -0.15) is 15.3 Å². The second-order valence-corrected chi connectivity index (χ2v) is 6.70. The molecule has 0 spiro atoms. The van der Waals surface area contributed by atoms with Crippen LogP contribution in [0, 0.1) is 0 Å². The number of amidine groups is 2. The van der Waals surface area contributed by atoms with E-state index in [1.54, 1.807) is 7.11 Å². The number of nitrogens with zero attached hydrogens (tertiary/aromatic N) is 6. The van der Waals surface area contributed by atoms with Crippen LogP contribution in [0.3, 0.4) is 0 Å². The normalized spacial score (nSPS) is 13.0. The van der Waals surface area contributed by atoms with Gasteiger partial charge in [-0.3, -0.25) is 0 Å². The van der Waals surface area contributed by atoms with Crippen LogP contribution < -0.4 is 4.74 Å². The maximum atomic E-state index is 5.38. The summed E-state index contributed by atoms with van der Waals surface area (Å²) in [4.78, 5) is 3.91. The fourth-order valence-corrected chi connectivity index (χ4v) is 3.06. The van der Waals surface area contributed by atoms with E-state index >= 15 is 0 Å². The summed E-state index contributed by atoms with van der Waals surface area (Å²) in [6, 6.07) is 7.52. The molecule has 0 bridgehead atoms. The van der Waals surface area contributed by atoms with Gasteiger partial charge in [-0.1, -0.05) is 0 Å². The Labute approximate surface area is 202 Å². The third kappa shape index (κ3) is 8.55.